The van der Waals surface area contributed by atoms with E-state index in [9.17, 15) is 0 Å². The van der Waals surface area contributed by atoms with Crippen molar-refractivity contribution in [3.05, 3.63) is 76.2 Å². The van der Waals surface area contributed by atoms with E-state index in [2.05, 4.69) is 89.3 Å². The summed E-state index contributed by atoms with van der Waals surface area (Å²) < 4.78 is 1.11. The number of hydrogen-bond acceptors (Lipinski definition) is 6. The van der Waals surface area contributed by atoms with Crippen LogP contribution in [0.25, 0.3) is 11.1 Å². The minimum Gasteiger partial charge on any atom is -0.299 e. The number of benzene rings is 2. The Morgan fingerprint density at radius 3 is 2.56 bits per heavy atom. The number of rotatable bonds is 5. The van der Waals surface area contributed by atoms with Gasteiger partial charge in [-0.1, -0.05) is 52.3 Å². The van der Waals surface area contributed by atoms with E-state index in [0.29, 0.717) is 11.9 Å². The largest absolute Gasteiger partial charge is 0.299 e. The predicted octanol–water partition coefficient (Wildman–Crippen LogP) is 5.59. The van der Waals surface area contributed by atoms with Crippen LogP contribution in [0.2, 0.25) is 0 Å². The van der Waals surface area contributed by atoms with Gasteiger partial charge in [-0.3, -0.25) is 9.80 Å². The first-order valence-electron chi connectivity index (χ1n) is 11.2. The lowest BCUT2D eigenvalue weighted by Gasteiger charge is -2.40. The van der Waals surface area contributed by atoms with Crippen LogP contribution in [-0.4, -0.2) is 45.4 Å². The molecule has 3 aromatic rings. The third-order valence-corrected chi connectivity index (χ3v) is 7.29. The molecule has 1 saturated heterocycles. The predicted molar refractivity (Wildman–Crippen MR) is 129 cm³/mol. The van der Waals surface area contributed by atoms with Crippen LogP contribution >= 0.6 is 15.9 Å². The zero-order valence-corrected chi connectivity index (χ0v) is 19.6. The van der Waals surface area contributed by atoms with Gasteiger partial charge in [0, 0.05) is 35.7 Å². The number of hydrogen-bond donors (Lipinski definition) is 1. The quantitative estimate of drug-likeness (QED) is 0.473. The lowest BCUT2D eigenvalue weighted by Crippen LogP contribution is -2.46. The number of piperidine rings is 1. The van der Waals surface area contributed by atoms with Crippen molar-refractivity contribution in [2.24, 2.45) is 5.11 Å². The fourth-order valence-corrected chi connectivity index (χ4v) is 5.28. The molecule has 0 aliphatic carbocycles. The summed E-state index contributed by atoms with van der Waals surface area (Å²) in [4.78, 5) is 13.8. The van der Waals surface area contributed by atoms with Gasteiger partial charge >= 0.3 is 0 Å². The Morgan fingerprint density at radius 2 is 1.78 bits per heavy atom. The Labute approximate surface area is 197 Å². The molecular formula is C25H27BrN6. The lowest BCUT2D eigenvalue weighted by atomic mass is 9.96. The zero-order valence-electron chi connectivity index (χ0n) is 18.0. The second-order valence-electron chi connectivity index (χ2n) is 8.63. The Hall–Kier alpha value is -2.48. The summed E-state index contributed by atoms with van der Waals surface area (Å²) >= 11 is 3.54. The number of fused-ring (bicyclic) bond motifs is 1. The van der Waals surface area contributed by atoms with Crippen molar-refractivity contribution in [1.29, 1.82) is 5.53 Å². The van der Waals surface area contributed by atoms with E-state index in [1.807, 2.05) is 0 Å². The summed E-state index contributed by atoms with van der Waals surface area (Å²) in [6.07, 6.45) is 4.78. The highest BCUT2D eigenvalue weighted by molar-refractivity contribution is 9.10. The third-order valence-electron chi connectivity index (χ3n) is 6.76. The fraction of sp³-hybridized carbons (Fsp3) is 0.360. The van der Waals surface area contributed by atoms with Crippen molar-refractivity contribution in [2.45, 2.75) is 38.4 Å². The van der Waals surface area contributed by atoms with Gasteiger partial charge in [-0.2, -0.15) is 0 Å². The molecule has 0 unspecified atom stereocenters. The average molecular weight is 491 g/mol. The van der Waals surface area contributed by atoms with E-state index < -0.39 is 0 Å². The van der Waals surface area contributed by atoms with E-state index in [1.165, 1.54) is 29.5 Å². The minimum absolute atomic E-state index is 0.536. The first-order valence-corrected chi connectivity index (χ1v) is 12.0. The van der Waals surface area contributed by atoms with Gasteiger partial charge in [-0.15, -0.1) is 5.11 Å². The summed E-state index contributed by atoms with van der Waals surface area (Å²) in [6.45, 7) is 5.06. The minimum atomic E-state index is 0.536. The summed E-state index contributed by atoms with van der Waals surface area (Å²) in [5, 5.41) is 3.58. The van der Waals surface area contributed by atoms with Gasteiger partial charge in [0.1, 0.15) is 6.33 Å². The van der Waals surface area contributed by atoms with Gasteiger partial charge in [0.05, 0.1) is 5.69 Å². The normalized spacial score (nSPS) is 17.8. The lowest BCUT2D eigenvalue weighted by molar-refractivity contribution is 0.0937. The van der Waals surface area contributed by atoms with Crippen LogP contribution in [0.15, 0.2) is 64.4 Å². The molecule has 1 fully saturated rings. The van der Waals surface area contributed by atoms with Gasteiger partial charge in [0.25, 0.3) is 0 Å². The highest BCUT2D eigenvalue weighted by Gasteiger charge is 2.29. The molecule has 2 aliphatic rings. The van der Waals surface area contributed by atoms with Gasteiger partial charge < -0.3 is 0 Å². The van der Waals surface area contributed by atoms with Crippen molar-refractivity contribution in [2.75, 3.05) is 19.6 Å². The summed E-state index contributed by atoms with van der Waals surface area (Å²) in [7, 11) is 0. The molecule has 2 aliphatic heterocycles. The van der Waals surface area contributed by atoms with E-state index >= 15 is 0 Å². The molecule has 164 valence electrons. The van der Waals surface area contributed by atoms with E-state index in [0.717, 1.165) is 54.9 Å². The monoisotopic (exact) mass is 490 g/mol. The van der Waals surface area contributed by atoms with Crippen molar-refractivity contribution in [3.8, 4) is 11.1 Å². The smallest absolute Gasteiger partial charge is 0.180 e. The first-order chi connectivity index (χ1) is 15.7. The molecule has 1 aromatic heterocycles. The summed E-state index contributed by atoms with van der Waals surface area (Å²) in [6, 6.07) is 18.0. The van der Waals surface area contributed by atoms with E-state index in [1.54, 1.807) is 6.33 Å². The maximum absolute atomic E-state index is 7.34. The molecule has 1 N–H and O–H groups in total. The van der Waals surface area contributed by atoms with Crippen LogP contribution in [0, 0.1) is 5.53 Å². The fourth-order valence-electron chi connectivity index (χ4n) is 5.02. The highest BCUT2D eigenvalue weighted by atomic mass is 79.9. The topological polar surface area (TPSA) is 68.5 Å². The number of nitrogens with zero attached hydrogens (tertiary/aromatic N) is 5. The van der Waals surface area contributed by atoms with Crippen LogP contribution < -0.4 is 0 Å². The Balaban J connectivity index is 1.22. The molecule has 5 rings (SSSR count). The molecule has 0 radical (unpaired) electrons. The Kier molecular flexibility index (Phi) is 6.39. The number of nitrogens with one attached hydrogen (secondary N) is 1. The molecule has 7 heteroatoms. The van der Waals surface area contributed by atoms with Crippen molar-refractivity contribution in [1.82, 2.24) is 19.8 Å². The zero-order chi connectivity index (χ0) is 21.9. The summed E-state index contributed by atoms with van der Waals surface area (Å²) in [5.74, 6) is 0.536. The summed E-state index contributed by atoms with van der Waals surface area (Å²) in [5.41, 5.74) is 13.4. The molecule has 2 aromatic carbocycles. The standard InChI is InChI=1S/C25H27BrN6/c26-20-7-5-18(6-8-20)22-4-2-1-3-19(22)15-31-12-9-21(10-13-31)32-14-11-23-24(16-32)28-17-29-25(23)30-27/h1-8,17,21,27H,9-16H2. The average Bonchev–Trinajstić information content (AvgIpc) is 2.85. The van der Waals surface area contributed by atoms with Crippen molar-refractivity contribution >= 4 is 21.7 Å². The molecule has 0 bridgehead atoms. The van der Waals surface area contributed by atoms with Crippen LogP contribution in [0.1, 0.15) is 29.7 Å². The molecule has 6 nitrogen and oxygen atoms in total. The van der Waals surface area contributed by atoms with Gasteiger partial charge in [0.2, 0.25) is 0 Å². The van der Waals surface area contributed by atoms with Gasteiger partial charge in [0.15, 0.2) is 5.82 Å². The van der Waals surface area contributed by atoms with Crippen molar-refractivity contribution < 1.29 is 0 Å². The molecule has 0 amide bonds. The van der Waals surface area contributed by atoms with Crippen LogP contribution in [-0.2, 0) is 19.5 Å². The highest BCUT2D eigenvalue weighted by Crippen LogP contribution is 2.30. The molecule has 3 heterocycles. The molecule has 0 saturated carbocycles. The Bertz CT molecular complexity index is 1090. The second-order valence-corrected chi connectivity index (χ2v) is 9.54. The molecule has 0 spiro atoms. The SMILES string of the molecule is N=Nc1ncnc2c1CCN(C1CCN(Cc3ccccc3-c3ccc(Br)cc3)CC1)C2. The number of aromatic nitrogens is 2. The van der Waals surface area contributed by atoms with Crippen LogP contribution in [0.4, 0.5) is 5.82 Å². The van der Waals surface area contributed by atoms with Crippen molar-refractivity contribution in [3.63, 3.8) is 0 Å². The third kappa shape index (κ3) is 4.51. The van der Waals surface area contributed by atoms with Gasteiger partial charge in [-0.05, 0) is 61.2 Å². The Morgan fingerprint density at radius 1 is 1.00 bits per heavy atom. The molecule has 0 atom stereocenters. The molecule has 32 heavy (non-hydrogen) atoms. The second kappa shape index (κ2) is 9.57. The van der Waals surface area contributed by atoms with Crippen LogP contribution in [0.5, 0.6) is 0 Å². The van der Waals surface area contributed by atoms with E-state index in [4.69, 9.17) is 5.53 Å². The first kappa shape index (κ1) is 21.4. The van der Waals surface area contributed by atoms with E-state index in [-0.39, 0.29) is 0 Å². The molecular weight excluding hydrogens is 464 g/mol. The number of halogens is 1. The maximum Gasteiger partial charge on any atom is 0.180 e. The number of likely N-dealkylation sites (tertiary alicyclic amines) is 1. The van der Waals surface area contributed by atoms with Crippen LogP contribution in [0.3, 0.4) is 0 Å². The maximum atomic E-state index is 7.34. The van der Waals surface area contributed by atoms with Gasteiger partial charge in [-0.25, -0.2) is 15.5 Å².